The molecule has 3 aromatic rings. The van der Waals surface area contributed by atoms with Crippen molar-refractivity contribution in [3.8, 4) is 0 Å². The molecule has 0 N–H and O–H groups in total. The molecule has 1 heterocycles. The molecule has 106 valence electrons. The SMILES string of the molecule is O=C(CCCc1nc2ccccc2s1)c1ccc(F)cc1. The molecule has 0 aliphatic heterocycles. The summed E-state index contributed by atoms with van der Waals surface area (Å²) < 4.78 is 14.0. The fourth-order valence-electron chi connectivity index (χ4n) is 2.21. The highest BCUT2D eigenvalue weighted by Gasteiger charge is 2.08. The Kier molecular flexibility index (Phi) is 4.06. The standard InChI is InChI=1S/C17H14FNOS/c18-13-10-8-12(9-11-13)15(20)5-3-7-17-19-14-4-1-2-6-16(14)21-17/h1-2,4,6,8-11H,3,5,7H2. The van der Waals surface area contributed by atoms with E-state index in [-0.39, 0.29) is 11.6 Å². The molecule has 0 spiro atoms. The number of hydrogen-bond donors (Lipinski definition) is 0. The van der Waals surface area contributed by atoms with Crippen LogP contribution in [0, 0.1) is 5.82 Å². The van der Waals surface area contributed by atoms with E-state index in [0.29, 0.717) is 12.0 Å². The Hall–Kier alpha value is -2.07. The van der Waals surface area contributed by atoms with Gasteiger partial charge < -0.3 is 0 Å². The second-order valence-electron chi connectivity index (χ2n) is 4.86. The van der Waals surface area contributed by atoms with Crippen LogP contribution >= 0.6 is 11.3 Å². The van der Waals surface area contributed by atoms with Gasteiger partial charge in [0.1, 0.15) is 5.82 Å². The van der Waals surface area contributed by atoms with Crippen molar-refractivity contribution in [2.45, 2.75) is 19.3 Å². The number of benzene rings is 2. The highest BCUT2D eigenvalue weighted by molar-refractivity contribution is 7.18. The van der Waals surface area contributed by atoms with Gasteiger partial charge in [-0.2, -0.15) is 0 Å². The van der Waals surface area contributed by atoms with Gasteiger partial charge in [-0.15, -0.1) is 11.3 Å². The number of rotatable bonds is 5. The zero-order valence-corrected chi connectivity index (χ0v) is 12.2. The molecule has 0 aliphatic rings. The zero-order valence-electron chi connectivity index (χ0n) is 11.4. The summed E-state index contributed by atoms with van der Waals surface area (Å²) in [5, 5.41) is 1.06. The first-order valence-electron chi connectivity index (χ1n) is 6.85. The number of thiazole rings is 1. The molecule has 0 saturated heterocycles. The van der Waals surface area contributed by atoms with Crippen LogP contribution in [0.5, 0.6) is 0 Å². The van der Waals surface area contributed by atoms with Crippen LogP contribution in [-0.4, -0.2) is 10.8 Å². The maximum Gasteiger partial charge on any atom is 0.162 e. The van der Waals surface area contributed by atoms with Crippen molar-refractivity contribution in [3.63, 3.8) is 0 Å². The van der Waals surface area contributed by atoms with Gasteiger partial charge in [-0.1, -0.05) is 12.1 Å². The molecule has 2 nitrogen and oxygen atoms in total. The highest BCUT2D eigenvalue weighted by Crippen LogP contribution is 2.23. The van der Waals surface area contributed by atoms with E-state index < -0.39 is 0 Å². The zero-order chi connectivity index (χ0) is 14.7. The van der Waals surface area contributed by atoms with Gasteiger partial charge in [-0.3, -0.25) is 4.79 Å². The van der Waals surface area contributed by atoms with E-state index in [0.717, 1.165) is 23.4 Å². The molecule has 1 aromatic heterocycles. The number of hydrogen-bond acceptors (Lipinski definition) is 3. The Morgan fingerprint density at radius 2 is 1.86 bits per heavy atom. The lowest BCUT2D eigenvalue weighted by Crippen LogP contribution is -1.99. The molecule has 0 atom stereocenters. The predicted molar refractivity (Wildman–Crippen MR) is 83.3 cm³/mol. The molecular weight excluding hydrogens is 285 g/mol. The van der Waals surface area contributed by atoms with Crippen molar-refractivity contribution < 1.29 is 9.18 Å². The molecule has 21 heavy (non-hydrogen) atoms. The third kappa shape index (κ3) is 3.34. The topological polar surface area (TPSA) is 30.0 Å². The number of para-hydroxylation sites is 1. The Bertz CT molecular complexity index is 731. The van der Waals surface area contributed by atoms with Crippen molar-refractivity contribution in [2.24, 2.45) is 0 Å². The Morgan fingerprint density at radius 3 is 2.62 bits per heavy atom. The van der Waals surface area contributed by atoms with Gasteiger partial charge in [0.15, 0.2) is 5.78 Å². The number of carbonyl (C=O) groups excluding carboxylic acids is 1. The van der Waals surface area contributed by atoms with E-state index in [1.165, 1.54) is 29.0 Å². The average Bonchev–Trinajstić information content (AvgIpc) is 2.90. The Balaban J connectivity index is 1.58. The van der Waals surface area contributed by atoms with Gasteiger partial charge in [0.25, 0.3) is 0 Å². The lowest BCUT2D eigenvalue weighted by Gasteiger charge is -2.00. The van der Waals surface area contributed by atoms with Crippen molar-refractivity contribution in [1.82, 2.24) is 4.98 Å². The fourth-order valence-corrected chi connectivity index (χ4v) is 3.22. The number of fused-ring (bicyclic) bond motifs is 1. The number of ketones is 1. The van der Waals surface area contributed by atoms with Gasteiger partial charge >= 0.3 is 0 Å². The predicted octanol–water partition coefficient (Wildman–Crippen LogP) is 4.64. The molecule has 0 unspecified atom stereocenters. The van der Waals surface area contributed by atoms with Gasteiger partial charge in [0.05, 0.1) is 15.2 Å². The first kappa shape index (κ1) is 13.9. The molecule has 0 fully saturated rings. The summed E-state index contributed by atoms with van der Waals surface area (Å²) in [6.45, 7) is 0. The summed E-state index contributed by atoms with van der Waals surface area (Å²) in [5.41, 5.74) is 1.59. The second-order valence-corrected chi connectivity index (χ2v) is 5.97. The Morgan fingerprint density at radius 1 is 1.10 bits per heavy atom. The third-order valence-corrected chi connectivity index (χ3v) is 4.40. The van der Waals surface area contributed by atoms with Crippen LogP contribution in [0.3, 0.4) is 0 Å². The largest absolute Gasteiger partial charge is 0.294 e. The number of aryl methyl sites for hydroxylation is 1. The second kappa shape index (κ2) is 6.14. The van der Waals surface area contributed by atoms with Crippen LogP contribution in [-0.2, 0) is 6.42 Å². The van der Waals surface area contributed by atoms with E-state index in [4.69, 9.17) is 0 Å². The van der Waals surface area contributed by atoms with E-state index in [1.54, 1.807) is 11.3 Å². The maximum atomic E-state index is 12.8. The van der Waals surface area contributed by atoms with Crippen LogP contribution in [0.4, 0.5) is 4.39 Å². The lowest BCUT2D eigenvalue weighted by molar-refractivity contribution is 0.0980. The smallest absolute Gasteiger partial charge is 0.162 e. The third-order valence-electron chi connectivity index (χ3n) is 3.30. The molecule has 2 aromatic carbocycles. The number of Topliss-reactive ketones (excluding diaryl/α,β-unsaturated/α-hetero) is 1. The van der Waals surface area contributed by atoms with E-state index in [2.05, 4.69) is 11.1 Å². The first-order valence-corrected chi connectivity index (χ1v) is 7.67. The summed E-state index contributed by atoms with van der Waals surface area (Å²) in [7, 11) is 0. The molecule has 0 amide bonds. The molecular formula is C17H14FNOS. The Labute approximate surface area is 126 Å². The quantitative estimate of drug-likeness (QED) is 0.642. The fraction of sp³-hybridized carbons (Fsp3) is 0.176. The van der Waals surface area contributed by atoms with Crippen molar-refractivity contribution in [2.75, 3.05) is 0 Å². The molecule has 4 heteroatoms. The number of nitrogens with zero attached hydrogens (tertiary/aromatic N) is 1. The van der Waals surface area contributed by atoms with Gasteiger partial charge in [0, 0.05) is 12.0 Å². The van der Waals surface area contributed by atoms with Gasteiger partial charge in [-0.05, 0) is 49.2 Å². The van der Waals surface area contributed by atoms with Gasteiger partial charge in [0.2, 0.25) is 0 Å². The van der Waals surface area contributed by atoms with Crippen molar-refractivity contribution in [1.29, 1.82) is 0 Å². The summed E-state index contributed by atoms with van der Waals surface area (Å²) in [6, 6.07) is 13.7. The average molecular weight is 299 g/mol. The van der Waals surface area contributed by atoms with Crippen LogP contribution < -0.4 is 0 Å². The highest BCUT2D eigenvalue weighted by atomic mass is 32.1. The summed E-state index contributed by atoms with van der Waals surface area (Å²) in [5.74, 6) is -0.267. The van der Waals surface area contributed by atoms with Crippen LogP contribution in [0.15, 0.2) is 48.5 Å². The maximum absolute atomic E-state index is 12.8. The van der Waals surface area contributed by atoms with E-state index in [9.17, 15) is 9.18 Å². The van der Waals surface area contributed by atoms with Crippen molar-refractivity contribution in [3.05, 3.63) is 64.9 Å². The van der Waals surface area contributed by atoms with Crippen LogP contribution in [0.2, 0.25) is 0 Å². The van der Waals surface area contributed by atoms with Crippen LogP contribution in [0.25, 0.3) is 10.2 Å². The van der Waals surface area contributed by atoms with E-state index in [1.807, 2.05) is 18.2 Å². The molecule has 0 saturated carbocycles. The summed E-state index contributed by atoms with van der Waals surface area (Å²) in [4.78, 5) is 16.5. The number of aromatic nitrogens is 1. The minimum atomic E-state index is -0.318. The summed E-state index contributed by atoms with van der Waals surface area (Å²) in [6.07, 6.45) is 2.02. The normalized spacial score (nSPS) is 10.9. The first-order chi connectivity index (χ1) is 10.2. The summed E-state index contributed by atoms with van der Waals surface area (Å²) >= 11 is 1.67. The molecule has 0 aliphatic carbocycles. The van der Waals surface area contributed by atoms with Gasteiger partial charge in [-0.25, -0.2) is 9.37 Å². The molecule has 3 rings (SSSR count). The van der Waals surface area contributed by atoms with Crippen LogP contribution in [0.1, 0.15) is 28.2 Å². The minimum absolute atomic E-state index is 0.0520. The minimum Gasteiger partial charge on any atom is -0.294 e. The monoisotopic (exact) mass is 299 g/mol. The van der Waals surface area contributed by atoms with E-state index >= 15 is 0 Å². The number of carbonyl (C=O) groups is 1. The number of halogens is 1. The molecule has 0 radical (unpaired) electrons. The lowest BCUT2D eigenvalue weighted by atomic mass is 10.1. The van der Waals surface area contributed by atoms with Crippen molar-refractivity contribution >= 4 is 27.3 Å². The molecule has 0 bridgehead atoms.